The summed E-state index contributed by atoms with van der Waals surface area (Å²) in [5, 5.41) is 17.7. The number of hydrogen-bond acceptors (Lipinski definition) is 3. The number of carbonyl (C=O) groups is 1. The molecule has 0 aromatic heterocycles. The average Bonchev–Trinajstić information content (AvgIpc) is 2.17. The molecule has 0 aliphatic carbocycles. The Balaban J connectivity index is 2.92. The molecule has 74 valence electrons. The molecule has 4 heteroatoms. The highest BCUT2D eigenvalue weighted by Gasteiger charge is 2.01. The summed E-state index contributed by atoms with van der Waals surface area (Å²) in [6, 6.07) is 6.43. The monoisotopic (exact) mass is 194 g/mol. The van der Waals surface area contributed by atoms with Crippen LogP contribution in [0.4, 0.5) is 0 Å². The van der Waals surface area contributed by atoms with Crippen LogP contribution in [-0.4, -0.2) is 23.3 Å². The maximum Gasteiger partial charge on any atom is 0.332 e. The van der Waals surface area contributed by atoms with Crippen LogP contribution in [0, 0.1) is 0 Å². The second-order valence-corrected chi connectivity index (χ2v) is 2.60. The Bertz CT molecular complexity index is 351. The lowest BCUT2D eigenvalue weighted by atomic mass is 10.2. The Hall–Kier alpha value is -1.97. The topological polar surface area (TPSA) is 66.8 Å². The van der Waals surface area contributed by atoms with Crippen LogP contribution < -0.4 is 4.74 Å². The smallest absolute Gasteiger partial charge is 0.332 e. The van der Waals surface area contributed by atoms with E-state index < -0.39 is 5.97 Å². The van der Waals surface area contributed by atoms with Gasteiger partial charge >= 0.3 is 5.97 Å². The van der Waals surface area contributed by atoms with Gasteiger partial charge in [0.2, 0.25) is 0 Å². The summed E-state index contributed by atoms with van der Waals surface area (Å²) in [6.45, 7) is 0. The van der Waals surface area contributed by atoms with E-state index in [1.807, 2.05) is 0 Å². The Morgan fingerprint density at radius 2 is 1.86 bits per heavy atom. The molecular formula is C10H10O4. The minimum Gasteiger partial charge on any atom is -0.507 e. The molecule has 0 aliphatic rings. The predicted octanol–water partition coefficient (Wildman–Crippen LogP) is 1.68. The maximum absolute atomic E-state index is 10.2. The third-order valence-corrected chi connectivity index (χ3v) is 1.65. The normalized spacial score (nSPS) is 11.1. The number of rotatable bonds is 3. The molecule has 0 spiro atoms. The zero-order valence-corrected chi connectivity index (χ0v) is 7.60. The molecule has 0 heterocycles. The van der Waals surface area contributed by atoms with Crippen molar-refractivity contribution in [1.82, 2.24) is 0 Å². The van der Waals surface area contributed by atoms with Gasteiger partial charge in [-0.2, -0.15) is 0 Å². The molecule has 0 saturated carbocycles. The van der Waals surface area contributed by atoms with Gasteiger partial charge in [-0.25, -0.2) is 4.79 Å². The van der Waals surface area contributed by atoms with Crippen LogP contribution in [0.5, 0.6) is 5.75 Å². The van der Waals surface area contributed by atoms with Crippen molar-refractivity contribution in [2.24, 2.45) is 0 Å². The fourth-order valence-corrected chi connectivity index (χ4v) is 0.962. The molecule has 0 radical (unpaired) electrons. The minimum atomic E-state index is -1.18. The lowest BCUT2D eigenvalue weighted by Crippen LogP contribution is -1.92. The number of ether oxygens (including phenoxy) is 1. The summed E-state index contributed by atoms with van der Waals surface area (Å²) >= 11 is 0. The molecular weight excluding hydrogens is 184 g/mol. The number of carboxylic acid groups (broad SMARTS) is 1. The highest BCUT2D eigenvalue weighted by atomic mass is 16.5. The molecule has 0 saturated heterocycles. The SMILES string of the molecule is COc1ccc(C(O)=CC(=O)O)cc1. The van der Waals surface area contributed by atoms with E-state index in [-0.39, 0.29) is 5.76 Å². The molecule has 2 N–H and O–H groups in total. The fourth-order valence-electron chi connectivity index (χ4n) is 0.962. The highest BCUT2D eigenvalue weighted by molar-refractivity contribution is 5.87. The standard InChI is InChI=1S/C10H10O4/c1-14-8-4-2-7(3-5-8)9(11)6-10(12)13/h2-6,11H,1H3,(H,12,13). The van der Waals surface area contributed by atoms with Crippen molar-refractivity contribution in [1.29, 1.82) is 0 Å². The van der Waals surface area contributed by atoms with E-state index in [2.05, 4.69) is 0 Å². The number of aliphatic carboxylic acids is 1. The van der Waals surface area contributed by atoms with Crippen LogP contribution in [0.15, 0.2) is 30.3 Å². The first kappa shape index (κ1) is 10.1. The Morgan fingerprint density at radius 3 is 2.29 bits per heavy atom. The molecule has 0 amide bonds. The summed E-state index contributed by atoms with van der Waals surface area (Å²) in [7, 11) is 1.53. The number of aliphatic hydroxyl groups is 1. The third-order valence-electron chi connectivity index (χ3n) is 1.65. The van der Waals surface area contributed by atoms with Crippen molar-refractivity contribution in [3.8, 4) is 5.75 Å². The van der Waals surface area contributed by atoms with Gasteiger partial charge in [0.1, 0.15) is 11.5 Å². The van der Waals surface area contributed by atoms with Gasteiger partial charge in [-0.3, -0.25) is 0 Å². The first-order valence-corrected chi connectivity index (χ1v) is 3.91. The first-order chi connectivity index (χ1) is 6.63. The Kier molecular flexibility index (Phi) is 3.12. The number of carboxylic acids is 1. The van der Waals surface area contributed by atoms with E-state index in [9.17, 15) is 9.90 Å². The summed E-state index contributed by atoms with van der Waals surface area (Å²) in [4.78, 5) is 10.2. The van der Waals surface area contributed by atoms with Crippen molar-refractivity contribution >= 4 is 11.7 Å². The van der Waals surface area contributed by atoms with E-state index in [1.54, 1.807) is 24.3 Å². The lowest BCUT2D eigenvalue weighted by Gasteiger charge is -2.01. The van der Waals surface area contributed by atoms with E-state index in [0.29, 0.717) is 11.3 Å². The van der Waals surface area contributed by atoms with Crippen LogP contribution in [0.2, 0.25) is 0 Å². The molecule has 4 nitrogen and oxygen atoms in total. The summed E-state index contributed by atoms with van der Waals surface area (Å²) < 4.78 is 4.91. The van der Waals surface area contributed by atoms with Gasteiger partial charge in [-0.05, 0) is 24.3 Å². The molecule has 0 bridgehead atoms. The van der Waals surface area contributed by atoms with Gasteiger partial charge in [-0.1, -0.05) is 0 Å². The van der Waals surface area contributed by atoms with Crippen LogP contribution in [0.3, 0.4) is 0 Å². The second kappa shape index (κ2) is 4.32. The number of benzene rings is 1. The molecule has 0 fully saturated rings. The third kappa shape index (κ3) is 2.52. The van der Waals surface area contributed by atoms with Crippen molar-refractivity contribution in [3.05, 3.63) is 35.9 Å². The van der Waals surface area contributed by atoms with E-state index in [1.165, 1.54) is 7.11 Å². The molecule has 0 atom stereocenters. The zero-order chi connectivity index (χ0) is 10.6. The van der Waals surface area contributed by atoms with E-state index >= 15 is 0 Å². The molecule has 1 aromatic carbocycles. The van der Waals surface area contributed by atoms with Gasteiger partial charge < -0.3 is 14.9 Å². The number of hydrogen-bond donors (Lipinski definition) is 2. The number of methoxy groups -OCH3 is 1. The second-order valence-electron chi connectivity index (χ2n) is 2.60. The molecule has 14 heavy (non-hydrogen) atoms. The number of aliphatic hydroxyl groups excluding tert-OH is 1. The fraction of sp³-hybridized carbons (Fsp3) is 0.100. The van der Waals surface area contributed by atoms with Crippen LogP contribution in [0.1, 0.15) is 5.56 Å². The Morgan fingerprint density at radius 1 is 1.29 bits per heavy atom. The summed E-state index contributed by atoms with van der Waals surface area (Å²) in [5.41, 5.74) is 0.438. The van der Waals surface area contributed by atoms with Crippen molar-refractivity contribution in [2.75, 3.05) is 7.11 Å². The first-order valence-electron chi connectivity index (χ1n) is 3.91. The molecule has 1 aromatic rings. The van der Waals surface area contributed by atoms with Crippen molar-refractivity contribution < 1.29 is 19.7 Å². The van der Waals surface area contributed by atoms with Gasteiger partial charge in [0.15, 0.2) is 0 Å². The Labute approximate surface area is 81.1 Å². The van der Waals surface area contributed by atoms with Gasteiger partial charge in [0.05, 0.1) is 13.2 Å². The largest absolute Gasteiger partial charge is 0.507 e. The van der Waals surface area contributed by atoms with Crippen LogP contribution in [0.25, 0.3) is 5.76 Å². The molecule has 1 rings (SSSR count). The maximum atomic E-state index is 10.2. The van der Waals surface area contributed by atoms with Gasteiger partial charge in [0, 0.05) is 5.56 Å². The zero-order valence-electron chi connectivity index (χ0n) is 7.60. The lowest BCUT2D eigenvalue weighted by molar-refractivity contribution is -0.131. The van der Waals surface area contributed by atoms with Gasteiger partial charge in [-0.15, -0.1) is 0 Å². The quantitative estimate of drug-likeness (QED) is 0.567. The summed E-state index contributed by atoms with van der Waals surface area (Å²) in [5.74, 6) is -0.810. The van der Waals surface area contributed by atoms with Crippen LogP contribution >= 0.6 is 0 Å². The molecule has 0 unspecified atom stereocenters. The van der Waals surface area contributed by atoms with Crippen molar-refractivity contribution in [3.63, 3.8) is 0 Å². The minimum absolute atomic E-state index is 0.278. The highest BCUT2D eigenvalue weighted by Crippen LogP contribution is 2.16. The van der Waals surface area contributed by atoms with E-state index in [4.69, 9.17) is 9.84 Å². The molecule has 0 aliphatic heterocycles. The van der Waals surface area contributed by atoms with E-state index in [0.717, 1.165) is 6.08 Å². The van der Waals surface area contributed by atoms with Crippen LogP contribution in [-0.2, 0) is 4.79 Å². The summed E-state index contributed by atoms with van der Waals surface area (Å²) in [6.07, 6.45) is 0.738. The predicted molar refractivity (Wildman–Crippen MR) is 51.2 cm³/mol. The van der Waals surface area contributed by atoms with Crippen molar-refractivity contribution in [2.45, 2.75) is 0 Å². The van der Waals surface area contributed by atoms with Gasteiger partial charge in [0.25, 0.3) is 0 Å². The average molecular weight is 194 g/mol.